The van der Waals surface area contributed by atoms with Crippen molar-refractivity contribution < 1.29 is 9.53 Å². The number of ether oxygens (including phenoxy) is 1. The summed E-state index contributed by atoms with van der Waals surface area (Å²) in [5.74, 6) is -0.169. The van der Waals surface area contributed by atoms with Gasteiger partial charge < -0.3 is 10.5 Å². The molecule has 7 heteroatoms. The Morgan fingerprint density at radius 3 is 2.82 bits per heavy atom. The van der Waals surface area contributed by atoms with Crippen molar-refractivity contribution in [1.82, 2.24) is 15.0 Å². The second-order valence-corrected chi connectivity index (χ2v) is 5.18. The number of benzene rings is 1. The highest BCUT2D eigenvalue weighted by Gasteiger charge is 2.15. The van der Waals surface area contributed by atoms with Crippen LogP contribution < -0.4 is 10.5 Å². The second kappa shape index (κ2) is 5.98. The fraction of sp³-hybridized carbons (Fsp3) is 0.0667. The van der Waals surface area contributed by atoms with Crippen molar-refractivity contribution in [3.63, 3.8) is 0 Å². The lowest BCUT2D eigenvalue weighted by molar-refractivity contribution is 0.0734. The van der Waals surface area contributed by atoms with Crippen molar-refractivity contribution in [1.29, 1.82) is 0 Å². The number of fused-ring (bicyclic) bond motifs is 1. The van der Waals surface area contributed by atoms with E-state index < -0.39 is 5.97 Å². The predicted octanol–water partition coefficient (Wildman–Crippen LogP) is 2.55. The van der Waals surface area contributed by atoms with Crippen molar-refractivity contribution >= 4 is 34.5 Å². The normalized spacial score (nSPS) is 10.6. The Bertz CT molecular complexity index is 854. The fourth-order valence-corrected chi connectivity index (χ4v) is 2.25. The van der Waals surface area contributed by atoms with E-state index in [9.17, 15) is 4.79 Å². The summed E-state index contributed by atoms with van der Waals surface area (Å²) >= 11 is 1.34. The molecule has 6 nitrogen and oxygen atoms in total. The van der Waals surface area contributed by atoms with Gasteiger partial charge in [0.15, 0.2) is 5.16 Å². The van der Waals surface area contributed by atoms with E-state index in [4.69, 9.17) is 10.5 Å². The number of aromatic nitrogens is 3. The minimum absolute atomic E-state index is 0.0955. The molecule has 0 saturated heterocycles. The van der Waals surface area contributed by atoms with E-state index in [1.54, 1.807) is 6.07 Å². The Morgan fingerprint density at radius 2 is 2.05 bits per heavy atom. The summed E-state index contributed by atoms with van der Waals surface area (Å²) in [6.45, 7) is 0. The average Bonchev–Trinajstić information content (AvgIpc) is 2.54. The average molecular weight is 312 g/mol. The molecule has 0 bridgehead atoms. The molecule has 3 rings (SSSR count). The molecule has 2 N–H and O–H groups in total. The van der Waals surface area contributed by atoms with Crippen molar-refractivity contribution in [2.45, 2.75) is 5.16 Å². The van der Waals surface area contributed by atoms with Gasteiger partial charge in [-0.05, 0) is 18.4 Å². The smallest absolute Gasteiger partial charge is 0.348 e. The van der Waals surface area contributed by atoms with Crippen molar-refractivity contribution in [2.24, 2.45) is 0 Å². The number of anilines is 1. The van der Waals surface area contributed by atoms with Gasteiger partial charge in [-0.25, -0.2) is 14.8 Å². The standard InChI is InChI=1S/C15H12N4O2S/c1-22-15-18-8-11(13(16)19-15)14(20)21-10-6-9-4-2-3-5-12(9)17-7-10/h2-8H,1H3,(H2,16,18,19). The van der Waals surface area contributed by atoms with E-state index in [1.807, 2.05) is 30.5 Å². The molecule has 3 aromatic rings. The van der Waals surface area contributed by atoms with Gasteiger partial charge in [0.25, 0.3) is 0 Å². The number of hydrogen-bond acceptors (Lipinski definition) is 7. The summed E-state index contributed by atoms with van der Waals surface area (Å²) in [6, 6.07) is 9.31. The minimum atomic E-state index is -0.609. The summed E-state index contributed by atoms with van der Waals surface area (Å²) in [6.07, 6.45) is 4.69. The molecule has 110 valence electrons. The molecule has 1 aromatic carbocycles. The van der Waals surface area contributed by atoms with E-state index in [2.05, 4.69) is 15.0 Å². The molecular weight excluding hydrogens is 300 g/mol. The molecule has 2 heterocycles. The van der Waals surface area contributed by atoms with Crippen LogP contribution in [-0.4, -0.2) is 27.2 Å². The number of nitrogen functional groups attached to an aromatic ring is 1. The van der Waals surface area contributed by atoms with Gasteiger partial charge in [-0.15, -0.1) is 0 Å². The lowest BCUT2D eigenvalue weighted by atomic mass is 10.2. The number of carbonyl (C=O) groups excluding carboxylic acids is 1. The first-order valence-electron chi connectivity index (χ1n) is 6.41. The zero-order valence-corrected chi connectivity index (χ0v) is 12.5. The van der Waals surface area contributed by atoms with Gasteiger partial charge in [0, 0.05) is 11.6 Å². The van der Waals surface area contributed by atoms with Crippen LogP contribution in [-0.2, 0) is 0 Å². The van der Waals surface area contributed by atoms with Gasteiger partial charge in [0.05, 0.1) is 11.7 Å². The molecule has 0 radical (unpaired) electrons. The largest absolute Gasteiger partial charge is 0.421 e. The molecule has 0 spiro atoms. The van der Waals surface area contributed by atoms with E-state index in [-0.39, 0.29) is 11.4 Å². The number of esters is 1. The van der Waals surface area contributed by atoms with Crippen LogP contribution in [0.5, 0.6) is 5.75 Å². The van der Waals surface area contributed by atoms with Gasteiger partial charge in [0.2, 0.25) is 0 Å². The predicted molar refractivity (Wildman–Crippen MR) is 84.9 cm³/mol. The quantitative estimate of drug-likeness (QED) is 0.451. The number of nitrogens with two attached hydrogens (primary N) is 1. The van der Waals surface area contributed by atoms with E-state index in [0.717, 1.165) is 10.9 Å². The number of rotatable bonds is 3. The summed E-state index contributed by atoms with van der Waals surface area (Å²) in [7, 11) is 0. The number of thioether (sulfide) groups is 1. The molecule has 0 saturated carbocycles. The molecule has 0 atom stereocenters. The van der Waals surface area contributed by atoms with Crippen LogP contribution in [0.25, 0.3) is 10.9 Å². The van der Waals surface area contributed by atoms with Gasteiger partial charge in [-0.1, -0.05) is 30.0 Å². The Hall–Kier alpha value is -2.67. The zero-order chi connectivity index (χ0) is 15.5. The van der Waals surface area contributed by atoms with Gasteiger partial charge in [-0.2, -0.15) is 0 Å². The Morgan fingerprint density at radius 1 is 1.23 bits per heavy atom. The number of hydrogen-bond donors (Lipinski definition) is 1. The van der Waals surface area contributed by atoms with Gasteiger partial charge in [0.1, 0.15) is 17.1 Å². The second-order valence-electron chi connectivity index (χ2n) is 4.41. The SMILES string of the molecule is CSc1ncc(C(=O)Oc2cnc3ccccc3c2)c(N)n1. The van der Waals surface area contributed by atoms with E-state index >= 15 is 0 Å². The van der Waals surface area contributed by atoms with Crippen molar-refractivity contribution in [3.8, 4) is 5.75 Å². The van der Waals surface area contributed by atoms with Crippen LogP contribution >= 0.6 is 11.8 Å². The van der Waals surface area contributed by atoms with Crippen molar-refractivity contribution in [2.75, 3.05) is 12.0 Å². The molecule has 2 aromatic heterocycles. The van der Waals surface area contributed by atoms with Crippen molar-refractivity contribution in [3.05, 3.63) is 48.3 Å². The Labute approximate surface area is 130 Å². The minimum Gasteiger partial charge on any atom is -0.421 e. The van der Waals surface area contributed by atoms with Gasteiger partial charge in [-0.3, -0.25) is 4.98 Å². The van der Waals surface area contributed by atoms with Crippen LogP contribution in [0.4, 0.5) is 5.82 Å². The molecule has 0 aliphatic carbocycles. The number of pyridine rings is 1. The highest BCUT2D eigenvalue weighted by molar-refractivity contribution is 7.98. The first-order chi connectivity index (χ1) is 10.7. The van der Waals surface area contributed by atoms with Crippen LogP contribution in [0.1, 0.15) is 10.4 Å². The number of carbonyl (C=O) groups is 1. The summed E-state index contributed by atoms with van der Waals surface area (Å²) in [5, 5.41) is 1.39. The summed E-state index contributed by atoms with van der Waals surface area (Å²) < 4.78 is 5.29. The van der Waals surface area contributed by atoms with Crippen LogP contribution in [0.15, 0.2) is 47.9 Å². The Balaban J connectivity index is 1.86. The molecule has 0 amide bonds. The third-order valence-corrected chi connectivity index (χ3v) is 3.54. The molecular formula is C15H12N4O2S. The van der Waals surface area contributed by atoms with Crippen LogP contribution in [0, 0.1) is 0 Å². The molecule has 0 aliphatic heterocycles. The van der Waals surface area contributed by atoms with E-state index in [1.165, 1.54) is 24.2 Å². The third-order valence-electron chi connectivity index (χ3n) is 2.97. The monoisotopic (exact) mass is 312 g/mol. The zero-order valence-electron chi connectivity index (χ0n) is 11.7. The third kappa shape index (κ3) is 2.84. The van der Waals surface area contributed by atoms with E-state index in [0.29, 0.717) is 10.9 Å². The van der Waals surface area contributed by atoms with Gasteiger partial charge >= 0.3 is 5.97 Å². The fourth-order valence-electron chi connectivity index (χ4n) is 1.90. The lowest BCUT2D eigenvalue weighted by Gasteiger charge is -2.07. The maximum absolute atomic E-state index is 12.2. The highest BCUT2D eigenvalue weighted by atomic mass is 32.2. The van der Waals surface area contributed by atoms with Crippen LogP contribution in [0.2, 0.25) is 0 Å². The molecule has 0 unspecified atom stereocenters. The lowest BCUT2D eigenvalue weighted by Crippen LogP contribution is -2.13. The topological polar surface area (TPSA) is 91.0 Å². The molecule has 0 fully saturated rings. The maximum Gasteiger partial charge on any atom is 0.348 e. The first kappa shape index (κ1) is 14.3. The highest BCUT2D eigenvalue weighted by Crippen LogP contribution is 2.20. The summed E-state index contributed by atoms with van der Waals surface area (Å²) in [5.41, 5.74) is 6.72. The first-order valence-corrected chi connectivity index (χ1v) is 7.63. The summed E-state index contributed by atoms with van der Waals surface area (Å²) in [4.78, 5) is 24.4. The molecule has 0 aliphatic rings. The number of para-hydroxylation sites is 1. The number of nitrogens with zero attached hydrogens (tertiary/aromatic N) is 3. The van der Waals surface area contributed by atoms with Crippen LogP contribution in [0.3, 0.4) is 0 Å². The maximum atomic E-state index is 12.2. The Kier molecular flexibility index (Phi) is 3.88. The molecule has 22 heavy (non-hydrogen) atoms.